The van der Waals surface area contributed by atoms with Crippen molar-refractivity contribution in [2.45, 2.75) is 6.92 Å². The monoisotopic (exact) mass is 234 g/mol. The summed E-state index contributed by atoms with van der Waals surface area (Å²) in [6, 6.07) is 9.02. The van der Waals surface area contributed by atoms with Gasteiger partial charge in [0, 0.05) is 12.3 Å². The van der Waals surface area contributed by atoms with E-state index in [0.717, 1.165) is 5.56 Å². The van der Waals surface area contributed by atoms with E-state index >= 15 is 0 Å². The quantitative estimate of drug-likeness (QED) is 0.810. The van der Waals surface area contributed by atoms with E-state index in [0.29, 0.717) is 22.3 Å². The second kappa shape index (κ2) is 4.41. The Kier molecular flexibility index (Phi) is 2.97. The van der Waals surface area contributed by atoms with Gasteiger partial charge in [0.1, 0.15) is 0 Å². The summed E-state index contributed by atoms with van der Waals surface area (Å²) in [5, 5.41) is 0.574. The molecule has 1 heterocycles. The third-order valence-electron chi connectivity index (χ3n) is 2.08. The first kappa shape index (κ1) is 10.8. The Morgan fingerprint density at radius 3 is 2.75 bits per heavy atom. The van der Waals surface area contributed by atoms with Crippen LogP contribution in [0.3, 0.4) is 0 Å². The molecule has 2 rings (SSSR count). The summed E-state index contributed by atoms with van der Waals surface area (Å²) < 4.78 is 5.55. The minimum absolute atomic E-state index is 0.474. The second-order valence-corrected chi connectivity index (χ2v) is 3.89. The summed E-state index contributed by atoms with van der Waals surface area (Å²) in [4.78, 5) is 4.03. The first-order valence-corrected chi connectivity index (χ1v) is 5.18. The van der Waals surface area contributed by atoms with Crippen LogP contribution >= 0.6 is 11.6 Å². The van der Waals surface area contributed by atoms with E-state index in [1.807, 2.05) is 19.1 Å². The molecule has 2 N–H and O–H groups in total. The van der Waals surface area contributed by atoms with Crippen LogP contribution in [0.2, 0.25) is 5.02 Å². The van der Waals surface area contributed by atoms with Crippen LogP contribution in [0.1, 0.15) is 5.56 Å². The zero-order chi connectivity index (χ0) is 11.5. The Bertz CT molecular complexity index is 497. The number of aryl methyl sites for hydroxylation is 1. The van der Waals surface area contributed by atoms with Gasteiger partial charge in [-0.15, -0.1) is 0 Å². The van der Waals surface area contributed by atoms with Gasteiger partial charge in [0.05, 0.1) is 10.7 Å². The molecule has 1 aromatic carbocycles. The summed E-state index contributed by atoms with van der Waals surface area (Å²) in [6.07, 6.45) is 1.53. The molecule has 0 spiro atoms. The molecule has 82 valence electrons. The van der Waals surface area contributed by atoms with Gasteiger partial charge in [-0.25, -0.2) is 4.98 Å². The van der Waals surface area contributed by atoms with Gasteiger partial charge in [0.15, 0.2) is 5.75 Å². The van der Waals surface area contributed by atoms with Crippen LogP contribution < -0.4 is 10.5 Å². The Balaban J connectivity index is 2.26. The number of hydrogen-bond donors (Lipinski definition) is 1. The first-order chi connectivity index (χ1) is 7.65. The van der Waals surface area contributed by atoms with Crippen molar-refractivity contribution in [2.24, 2.45) is 0 Å². The minimum Gasteiger partial charge on any atom is -0.437 e. The average molecular weight is 235 g/mol. The Hall–Kier alpha value is -1.74. The molecule has 3 nitrogen and oxygen atoms in total. The number of benzene rings is 1. The number of rotatable bonds is 2. The van der Waals surface area contributed by atoms with Crippen LogP contribution in [-0.4, -0.2) is 4.98 Å². The van der Waals surface area contributed by atoms with Gasteiger partial charge in [-0.3, -0.25) is 0 Å². The lowest BCUT2D eigenvalue weighted by Crippen LogP contribution is -1.93. The fourth-order valence-electron chi connectivity index (χ4n) is 1.27. The summed E-state index contributed by atoms with van der Waals surface area (Å²) in [5.41, 5.74) is 7.46. The normalized spacial score (nSPS) is 10.1. The molecular weight excluding hydrogens is 224 g/mol. The Morgan fingerprint density at radius 1 is 1.25 bits per heavy atom. The highest BCUT2D eigenvalue weighted by molar-refractivity contribution is 6.30. The standard InChI is InChI=1S/C12H11ClN2O/c1-8-2-4-10(14)11(6-8)16-12-5-3-9(13)7-15-12/h2-7H,14H2,1H3. The number of nitrogens with zero attached hydrogens (tertiary/aromatic N) is 1. The van der Waals surface area contributed by atoms with Crippen LogP contribution in [0.15, 0.2) is 36.5 Å². The fourth-order valence-corrected chi connectivity index (χ4v) is 1.38. The maximum Gasteiger partial charge on any atom is 0.219 e. The molecule has 0 bridgehead atoms. The number of aromatic nitrogens is 1. The van der Waals surface area contributed by atoms with Gasteiger partial charge in [0.25, 0.3) is 0 Å². The van der Waals surface area contributed by atoms with Gasteiger partial charge in [-0.2, -0.15) is 0 Å². The van der Waals surface area contributed by atoms with Crippen molar-refractivity contribution >= 4 is 17.3 Å². The number of pyridine rings is 1. The molecule has 0 saturated carbocycles. The predicted octanol–water partition coefficient (Wildman–Crippen LogP) is 3.42. The SMILES string of the molecule is Cc1ccc(N)c(Oc2ccc(Cl)cn2)c1. The summed E-state index contributed by atoms with van der Waals surface area (Å²) in [6.45, 7) is 1.97. The molecule has 0 unspecified atom stereocenters. The van der Waals surface area contributed by atoms with E-state index < -0.39 is 0 Å². The van der Waals surface area contributed by atoms with Crippen molar-refractivity contribution in [1.29, 1.82) is 0 Å². The largest absolute Gasteiger partial charge is 0.437 e. The fraction of sp³-hybridized carbons (Fsp3) is 0.0833. The molecule has 0 radical (unpaired) electrons. The lowest BCUT2D eigenvalue weighted by atomic mass is 10.2. The molecular formula is C12H11ClN2O. The van der Waals surface area contributed by atoms with Gasteiger partial charge >= 0.3 is 0 Å². The van der Waals surface area contributed by atoms with Crippen molar-refractivity contribution in [3.05, 3.63) is 47.1 Å². The molecule has 0 aliphatic rings. The number of halogens is 1. The van der Waals surface area contributed by atoms with Crippen LogP contribution in [0.5, 0.6) is 11.6 Å². The van der Waals surface area contributed by atoms with Crippen LogP contribution in [0.4, 0.5) is 5.69 Å². The van der Waals surface area contributed by atoms with Crippen LogP contribution in [0, 0.1) is 6.92 Å². The van der Waals surface area contributed by atoms with E-state index in [2.05, 4.69) is 4.98 Å². The first-order valence-electron chi connectivity index (χ1n) is 4.81. The molecule has 1 aromatic heterocycles. The lowest BCUT2D eigenvalue weighted by Gasteiger charge is -2.08. The van der Waals surface area contributed by atoms with Crippen molar-refractivity contribution in [3.63, 3.8) is 0 Å². The number of ether oxygens (including phenoxy) is 1. The highest BCUT2D eigenvalue weighted by Crippen LogP contribution is 2.27. The maximum absolute atomic E-state index is 5.79. The summed E-state index contributed by atoms with van der Waals surface area (Å²) >= 11 is 5.73. The van der Waals surface area contributed by atoms with Crippen molar-refractivity contribution in [1.82, 2.24) is 4.98 Å². The third-order valence-corrected chi connectivity index (χ3v) is 2.31. The molecule has 0 atom stereocenters. The summed E-state index contributed by atoms with van der Waals surface area (Å²) in [5.74, 6) is 1.08. The highest BCUT2D eigenvalue weighted by Gasteiger charge is 2.03. The lowest BCUT2D eigenvalue weighted by molar-refractivity contribution is 0.465. The highest BCUT2D eigenvalue weighted by atomic mass is 35.5. The Labute approximate surface area is 98.8 Å². The maximum atomic E-state index is 5.79. The molecule has 2 aromatic rings. The molecule has 0 saturated heterocycles. The zero-order valence-corrected chi connectivity index (χ0v) is 9.53. The van der Waals surface area contributed by atoms with Gasteiger partial charge in [0.2, 0.25) is 5.88 Å². The number of hydrogen-bond acceptors (Lipinski definition) is 3. The van der Waals surface area contributed by atoms with Crippen LogP contribution in [-0.2, 0) is 0 Å². The van der Waals surface area contributed by atoms with Gasteiger partial charge < -0.3 is 10.5 Å². The average Bonchev–Trinajstić information content (AvgIpc) is 2.27. The molecule has 0 aliphatic heterocycles. The van der Waals surface area contributed by atoms with E-state index in [9.17, 15) is 0 Å². The molecule has 0 aliphatic carbocycles. The second-order valence-electron chi connectivity index (χ2n) is 3.46. The molecule has 0 amide bonds. The third kappa shape index (κ3) is 2.44. The number of nitrogen functional groups attached to an aromatic ring is 1. The van der Waals surface area contributed by atoms with Gasteiger partial charge in [-0.1, -0.05) is 17.7 Å². The topological polar surface area (TPSA) is 48.1 Å². The smallest absolute Gasteiger partial charge is 0.219 e. The number of anilines is 1. The predicted molar refractivity (Wildman–Crippen MR) is 64.9 cm³/mol. The van der Waals surface area contributed by atoms with E-state index in [-0.39, 0.29) is 0 Å². The van der Waals surface area contributed by atoms with Crippen LogP contribution in [0.25, 0.3) is 0 Å². The summed E-state index contributed by atoms with van der Waals surface area (Å²) in [7, 11) is 0. The van der Waals surface area contributed by atoms with E-state index in [1.165, 1.54) is 6.20 Å². The van der Waals surface area contributed by atoms with E-state index in [4.69, 9.17) is 22.1 Å². The molecule has 4 heteroatoms. The van der Waals surface area contributed by atoms with Crippen molar-refractivity contribution < 1.29 is 4.74 Å². The zero-order valence-electron chi connectivity index (χ0n) is 8.77. The van der Waals surface area contributed by atoms with Crippen molar-refractivity contribution in [2.75, 3.05) is 5.73 Å². The van der Waals surface area contributed by atoms with Crippen molar-refractivity contribution in [3.8, 4) is 11.6 Å². The minimum atomic E-state index is 0.474. The molecule has 0 fully saturated rings. The number of nitrogens with two attached hydrogens (primary N) is 1. The Morgan fingerprint density at radius 2 is 2.06 bits per heavy atom. The molecule has 16 heavy (non-hydrogen) atoms. The van der Waals surface area contributed by atoms with Gasteiger partial charge in [-0.05, 0) is 30.7 Å². The van der Waals surface area contributed by atoms with E-state index in [1.54, 1.807) is 18.2 Å².